The molecule has 0 saturated heterocycles. The lowest BCUT2D eigenvalue weighted by atomic mass is 10.2. The molecule has 0 atom stereocenters. The van der Waals surface area contributed by atoms with Crippen LogP contribution in [0.25, 0.3) is 0 Å². The number of halogens is 2. The number of unbranched alkanes of at least 4 members (excludes halogenated alkanes) is 1. The van der Waals surface area contributed by atoms with Gasteiger partial charge in [-0.15, -0.1) is 0 Å². The van der Waals surface area contributed by atoms with Crippen molar-refractivity contribution >= 4 is 35.3 Å². The van der Waals surface area contributed by atoms with Crippen LogP contribution < -0.4 is 14.9 Å². The summed E-state index contributed by atoms with van der Waals surface area (Å²) in [5, 5.41) is 4.47. The Morgan fingerprint density at radius 2 is 2.00 bits per heavy atom. The van der Waals surface area contributed by atoms with E-state index in [4.69, 9.17) is 32.7 Å². The number of hydrazone groups is 1. The van der Waals surface area contributed by atoms with E-state index in [1.54, 1.807) is 6.07 Å². The maximum atomic E-state index is 11.5. The van der Waals surface area contributed by atoms with Crippen LogP contribution in [0.1, 0.15) is 31.7 Å². The Balaban J connectivity index is 2.90. The first-order chi connectivity index (χ1) is 10.0. The lowest BCUT2D eigenvalue weighted by molar-refractivity contribution is -0.121. The predicted octanol–water partition coefficient (Wildman–Crippen LogP) is 3.65. The minimum atomic E-state index is -0.141. The number of amides is 1. The third kappa shape index (κ3) is 4.79. The van der Waals surface area contributed by atoms with Gasteiger partial charge in [0.05, 0.1) is 25.5 Å². The van der Waals surface area contributed by atoms with Gasteiger partial charge in [0.2, 0.25) is 5.91 Å². The Morgan fingerprint density at radius 3 is 2.57 bits per heavy atom. The number of methoxy groups -OCH3 is 2. The number of carbonyl (C=O) groups excluding carboxylic acids is 1. The zero-order valence-electron chi connectivity index (χ0n) is 12.2. The second kappa shape index (κ2) is 8.74. The second-order valence-electron chi connectivity index (χ2n) is 4.22. The van der Waals surface area contributed by atoms with Gasteiger partial charge in [-0.05, 0) is 12.5 Å². The van der Waals surface area contributed by atoms with E-state index in [0.717, 1.165) is 12.8 Å². The Labute approximate surface area is 134 Å². The summed E-state index contributed by atoms with van der Waals surface area (Å²) in [5.41, 5.74) is 2.99. The molecule has 1 aromatic rings. The van der Waals surface area contributed by atoms with Gasteiger partial charge in [0, 0.05) is 12.0 Å². The quantitative estimate of drug-likeness (QED) is 0.612. The first-order valence-electron chi connectivity index (χ1n) is 6.47. The van der Waals surface area contributed by atoms with Crippen molar-refractivity contribution in [2.24, 2.45) is 5.10 Å². The van der Waals surface area contributed by atoms with Crippen LogP contribution in [0.3, 0.4) is 0 Å². The molecule has 0 radical (unpaired) electrons. The summed E-state index contributed by atoms with van der Waals surface area (Å²) in [6.45, 7) is 2.02. The number of carbonyl (C=O) groups is 1. The fourth-order valence-electron chi connectivity index (χ4n) is 1.66. The SMILES string of the molecule is CCCCC(=O)N/N=C/c1cc(Cl)c(OC)c(Cl)c1OC. The van der Waals surface area contributed by atoms with E-state index in [9.17, 15) is 4.79 Å². The number of rotatable bonds is 7. The fourth-order valence-corrected chi connectivity index (χ4v) is 2.36. The van der Waals surface area contributed by atoms with Crippen molar-refractivity contribution in [1.82, 2.24) is 5.43 Å². The molecular weight excluding hydrogens is 315 g/mol. The van der Waals surface area contributed by atoms with Gasteiger partial charge in [0.25, 0.3) is 0 Å². The van der Waals surface area contributed by atoms with Crippen molar-refractivity contribution in [3.63, 3.8) is 0 Å². The zero-order chi connectivity index (χ0) is 15.8. The maximum absolute atomic E-state index is 11.5. The molecule has 0 bridgehead atoms. The van der Waals surface area contributed by atoms with Crippen LogP contribution >= 0.6 is 23.2 Å². The standard InChI is InChI=1S/C14H18Cl2N2O3/c1-4-5-6-11(19)18-17-8-9-7-10(15)14(21-3)12(16)13(9)20-2/h7-8H,4-6H2,1-3H3,(H,18,19)/b17-8+. The smallest absolute Gasteiger partial charge is 0.240 e. The number of hydrogen-bond acceptors (Lipinski definition) is 4. The number of nitrogens with one attached hydrogen (secondary N) is 1. The Morgan fingerprint density at radius 1 is 1.33 bits per heavy atom. The highest BCUT2D eigenvalue weighted by Gasteiger charge is 2.16. The number of nitrogens with zero attached hydrogens (tertiary/aromatic N) is 1. The summed E-state index contributed by atoms with van der Waals surface area (Å²) in [4.78, 5) is 11.5. The largest absolute Gasteiger partial charge is 0.494 e. The minimum absolute atomic E-state index is 0.141. The molecule has 1 amide bonds. The molecule has 0 unspecified atom stereocenters. The van der Waals surface area contributed by atoms with E-state index < -0.39 is 0 Å². The summed E-state index contributed by atoms with van der Waals surface area (Å²) in [7, 11) is 2.94. The third-order valence-electron chi connectivity index (χ3n) is 2.72. The summed E-state index contributed by atoms with van der Waals surface area (Å²) < 4.78 is 10.3. The molecule has 1 aromatic carbocycles. The van der Waals surface area contributed by atoms with Gasteiger partial charge in [0.15, 0.2) is 5.75 Å². The van der Waals surface area contributed by atoms with E-state index in [1.807, 2.05) is 6.92 Å². The molecule has 0 aliphatic carbocycles. The molecule has 7 heteroatoms. The highest BCUT2D eigenvalue weighted by atomic mass is 35.5. The molecule has 0 fully saturated rings. The molecule has 116 valence electrons. The van der Waals surface area contributed by atoms with E-state index >= 15 is 0 Å². The normalized spacial score (nSPS) is 10.7. The molecule has 0 aliphatic rings. The molecule has 5 nitrogen and oxygen atoms in total. The summed E-state index contributed by atoms with van der Waals surface area (Å²) in [5.74, 6) is 0.571. The van der Waals surface area contributed by atoms with E-state index in [0.29, 0.717) is 28.5 Å². The van der Waals surface area contributed by atoms with Gasteiger partial charge in [-0.25, -0.2) is 5.43 Å². The first-order valence-corrected chi connectivity index (χ1v) is 7.22. The van der Waals surface area contributed by atoms with Crippen LogP contribution in [0.5, 0.6) is 11.5 Å². The number of hydrogen-bond donors (Lipinski definition) is 1. The predicted molar refractivity (Wildman–Crippen MR) is 84.8 cm³/mol. The molecule has 1 N–H and O–H groups in total. The van der Waals surface area contributed by atoms with E-state index in [2.05, 4.69) is 10.5 Å². The molecule has 21 heavy (non-hydrogen) atoms. The third-order valence-corrected chi connectivity index (χ3v) is 3.34. The van der Waals surface area contributed by atoms with Crippen LogP contribution in [0.15, 0.2) is 11.2 Å². The van der Waals surface area contributed by atoms with Crippen molar-refractivity contribution < 1.29 is 14.3 Å². The molecule has 0 spiro atoms. The molecule has 0 aromatic heterocycles. The monoisotopic (exact) mass is 332 g/mol. The molecular formula is C14H18Cl2N2O3. The average molecular weight is 333 g/mol. The Hall–Kier alpha value is -1.46. The Kier molecular flexibility index (Phi) is 7.32. The average Bonchev–Trinajstić information content (AvgIpc) is 2.45. The number of benzene rings is 1. The Bertz CT molecular complexity index is 533. The topological polar surface area (TPSA) is 59.9 Å². The lowest BCUT2D eigenvalue weighted by Crippen LogP contribution is -2.16. The molecule has 0 aliphatic heterocycles. The van der Waals surface area contributed by atoms with Crippen molar-refractivity contribution in [3.05, 3.63) is 21.7 Å². The molecule has 0 heterocycles. The van der Waals surface area contributed by atoms with Gasteiger partial charge < -0.3 is 9.47 Å². The zero-order valence-corrected chi connectivity index (χ0v) is 13.7. The van der Waals surface area contributed by atoms with Crippen LogP contribution in [0, 0.1) is 0 Å². The van der Waals surface area contributed by atoms with Gasteiger partial charge in [-0.3, -0.25) is 4.79 Å². The minimum Gasteiger partial charge on any atom is -0.494 e. The van der Waals surface area contributed by atoms with Crippen molar-refractivity contribution in [2.75, 3.05) is 14.2 Å². The second-order valence-corrected chi connectivity index (χ2v) is 5.01. The first kappa shape index (κ1) is 17.6. The van der Waals surface area contributed by atoms with Crippen molar-refractivity contribution in [1.29, 1.82) is 0 Å². The summed E-state index contributed by atoms with van der Waals surface area (Å²) in [6, 6.07) is 1.60. The lowest BCUT2D eigenvalue weighted by Gasteiger charge is -2.12. The van der Waals surface area contributed by atoms with Gasteiger partial charge in [-0.2, -0.15) is 5.10 Å². The van der Waals surface area contributed by atoms with Crippen molar-refractivity contribution in [3.8, 4) is 11.5 Å². The van der Waals surface area contributed by atoms with Crippen LogP contribution in [0.2, 0.25) is 10.0 Å². The highest BCUT2D eigenvalue weighted by Crippen LogP contribution is 2.41. The number of ether oxygens (including phenoxy) is 2. The van der Waals surface area contributed by atoms with Crippen LogP contribution in [0.4, 0.5) is 0 Å². The van der Waals surface area contributed by atoms with E-state index in [-0.39, 0.29) is 10.9 Å². The van der Waals surface area contributed by atoms with Crippen LogP contribution in [-0.4, -0.2) is 26.3 Å². The fraction of sp³-hybridized carbons (Fsp3) is 0.429. The molecule has 1 rings (SSSR count). The van der Waals surface area contributed by atoms with Gasteiger partial charge >= 0.3 is 0 Å². The van der Waals surface area contributed by atoms with Gasteiger partial charge in [-0.1, -0.05) is 36.5 Å². The highest BCUT2D eigenvalue weighted by molar-refractivity contribution is 6.38. The summed E-state index contributed by atoms with van der Waals surface area (Å²) in [6.07, 6.45) is 3.65. The molecule has 0 saturated carbocycles. The van der Waals surface area contributed by atoms with Crippen LogP contribution in [-0.2, 0) is 4.79 Å². The van der Waals surface area contributed by atoms with Crippen molar-refractivity contribution in [2.45, 2.75) is 26.2 Å². The van der Waals surface area contributed by atoms with E-state index in [1.165, 1.54) is 20.4 Å². The summed E-state index contributed by atoms with van der Waals surface area (Å²) >= 11 is 12.2. The maximum Gasteiger partial charge on any atom is 0.240 e. The van der Waals surface area contributed by atoms with Gasteiger partial charge in [0.1, 0.15) is 10.8 Å².